The summed E-state index contributed by atoms with van der Waals surface area (Å²) in [6.07, 6.45) is 5.32. The number of imide groups is 1. The predicted octanol–water partition coefficient (Wildman–Crippen LogP) is 0.527. The average molecular weight is 434 g/mol. The van der Waals surface area contributed by atoms with Gasteiger partial charge in [-0.05, 0) is 19.3 Å². The number of aromatic nitrogens is 2. The summed E-state index contributed by atoms with van der Waals surface area (Å²) in [7, 11) is 1.38. The zero-order valence-electron chi connectivity index (χ0n) is 18.0. The zero-order valence-corrected chi connectivity index (χ0v) is 18.0. The van der Waals surface area contributed by atoms with E-state index in [0.717, 1.165) is 35.5 Å². The van der Waals surface area contributed by atoms with Gasteiger partial charge in [-0.3, -0.25) is 28.8 Å². The number of aromatic amines is 1. The molecule has 2 aliphatic rings. The van der Waals surface area contributed by atoms with Crippen LogP contribution in [0.25, 0.3) is 0 Å². The molecule has 4 N–H and O–H groups in total. The molecule has 1 saturated carbocycles. The van der Waals surface area contributed by atoms with Crippen LogP contribution < -0.4 is 27.2 Å². The summed E-state index contributed by atoms with van der Waals surface area (Å²) in [5, 5.41) is 2.80. The maximum Gasteiger partial charge on any atom is 0.330 e. The van der Waals surface area contributed by atoms with Crippen LogP contribution in [0.15, 0.2) is 9.59 Å². The fourth-order valence-corrected chi connectivity index (χ4v) is 4.31. The summed E-state index contributed by atoms with van der Waals surface area (Å²) in [6, 6.07) is -0.493. The second kappa shape index (κ2) is 8.94. The molecule has 0 unspecified atom stereocenters. The number of nitrogen functional groups attached to an aromatic ring is 1. The van der Waals surface area contributed by atoms with Crippen LogP contribution in [-0.2, 0) is 16.1 Å². The van der Waals surface area contributed by atoms with Crippen molar-refractivity contribution in [1.29, 1.82) is 0 Å². The number of H-pyrrole nitrogens is 1. The third-order valence-corrected chi connectivity index (χ3v) is 6.16. The molecule has 0 bridgehead atoms. The molecular formula is C20H30N6O5. The molecule has 1 aromatic rings. The van der Waals surface area contributed by atoms with Crippen LogP contribution in [0.2, 0.25) is 0 Å². The van der Waals surface area contributed by atoms with Gasteiger partial charge in [0.25, 0.3) is 11.5 Å². The van der Waals surface area contributed by atoms with E-state index in [9.17, 15) is 24.0 Å². The van der Waals surface area contributed by atoms with Gasteiger partial charge < -0.3 is 16.0 Å². The molecule has 170 valence electrons. The third-order valence-electron chi connectivity index (χ3n) is 6.16. The number of nitrogens with one attached hydrogen (secondary N) is 2. The first-order valence-electron chi connectivity index (χ1n) is 10.7. The summed E-state index contributed by atoms with van der Waals surface area (Å²) in [5.74, 6) is -0.879. The standard InChI is InChI=1S/C20H30N6O5/c1-3-4-11-25-15(21)14(16(28)22-18(25)30)24(2)13(27)8-12-26-17(29)20(23-19(26)31)9-6-5-7-10-20/h3-12,21H2,1-2H3,(H,23,31)(H,22,28,30). The first-order valence-corrected chi connectivity index (χ1v) is 10.7. The molecule has 4 amide bonds. The molecule has 11 heteroatoms. The van der Waals surface area contributed by atoms with Crippen molar-refractivity contribution in [2.75, 3.05) is 24.2 Å². The van der Waals surface area contributed by atoms with Gasteiger partial charge in [0, 0.05) is 26.6 Å². The lowest BCUT2D eigenvalue weighted by molar-refractivity contribution is -0.132. The lowest BCUT2D eigenvalue weighted by Gasteiger charge is -2.30. The van der Waals surface area contributed by atoms with Crippen molar-refractivity contribution in [3.05, 3.63) is 20.8 Å². The smallest absolute Gasteiger partial charge is 0.330 e. The van der Waals surface area contributed by atoms with E-state index in [1.807, 2.05) is 6.92 Å². The number of rotatable bonds is 7. The summed E-state index contributed by atoms with van der Waals surface area (Å²) < 4.78 is 1.23. The maximum atomic E-state index is 12.8. The fourth-order valence-electron chi connectivity index (χ4n) is 4.31. The second-order valence-corrected chi connectivity index (χ2v) is 8.23. The second-order valence-electron chi connectivity index (χ2n) is 8.23. The Kier molecular flexibility index (Phi) is 6.51. The molecule has 2 heterocycles. The largest absolute Gasteiger partial charge is 0.383 e. The van der Waals surface area contributed by atoms with Crippen LogP contribution in [0.4, 0.5) is 16.3 Å². The van der Waals surface area contributed by atoms with Gasteiger partial charge in [-0.2, -0.15) is 0 Å². The summed E-state index contributed by atoms with van der Waals surface area (Å²) >= 11 is 0. The lowest BCUT2D eigenvalue weighted by atomic mass is 9.82. The van der Waals surface area contributed by atoms with Crippen LogP contribution in [-0.4, -0.2) is 51.4 Å². The lowest BCUT2D eigenvalue weighted by Crippen LogP contribution is -2.48. The molecule has 1 aliphatic carbocycles. The minimum atomic E-state index is -0.847. The van der Waals surface area contributed by atoms with Gasteiger partial charge in [0.1, 0.15) is 11.4 Å². The Labute approximate surface area is 179 Å². The van der Waals surface area contributed by atoms with E-state index in [0.29, 0.717) is 25.8 Å². The maximum absolute atomic E-state index is 12.8. The molecule has 1 aliphatic heterocycles. The minimum Gasteiger partial charge on any atom is -0.383 e. The number of nitrogens with zero attached hydrogens (tertiary/aromatic N) is 3. The Morgan fingerprint density at radius 2 is 1.81 bits per heavy atom. The summed E-state index contributed by atoms with van der Waals surface area (Å²) in [5.41, 5.74) is 3.68. The molecule has 1 spiro atoms. The number of hydrogen-bond acceptors (Lipinski definition) is 6. The van der Waals surface area contributed by atoms with Crippen LogP contribution in [0.5, 0.6) is 0 Å². The number of carbonyl (C=O) groups is 3. The van der Waals surface area contributed by atoms with E-state index in [1.54, 1.807) is 0 Å². The topological polar surface area (TPSA) is 151 Å². The normalized spacial score (nSPS) is 17.8. The van der Waals surface area contributed by atoms with Gasteiger partial charge >= 0.3 is 11.7 Å². The molecule has 11 nitrogen and oxygen atoms in total. The molecule has 2 fully saturated rings. The number of anilines is 2. The van der Waals surface area contributed by atoms with Crippen LogP contribution in [0.3, 0.4) is 0 Å². The monoisotopic (exact) mass is 434 g/mol. The van der Waals surface area contributed by atoms with Gasteiger partial charge in [-0.1, -0.05) is 32.6 Å². The zero-order chi connectivity index (χ0) is 22.8. The number of hydrogen-bond donors (Lipinski definition) is 3. The predicted molar refractivity (Wildman–Crippen MR) is 115 cm³/mol. The minimum absolute atomic E-state index is 0.0887. The number of unbranched alkanes of at least 4 members (excludes halogenated alkanes) is 1. The Morgan fingerprint density at radius 1 is 1.13 bits per heavy atom. The average Bonchev–Trinajstić information content (AvgIpc) is 2.95. The molecule has 0 aromatic carbocycles. The molecule has 1 aromatic heterocycles. The number of amides is 4. The van der Waals surface area contributed by atoms with Crippen molar-refractivity contribution < 1.29 is 14.4 Å². The van der Waals surface area contributed by atoms with E-state index >= 15 is 0 Å². The van der Waals surface area contributed by atoms with E-state index in [2.05, 4.69) is 10.3 Å². The van der Waals surface area contributed by atoms with Crippen LogP contribution in [0, 0.1) is 0 Å². The SMILES string of the molecule is CCCCn1c(N)c(N(C)C(=O)CCN2C(=O)NC3(CCCCC3)C2=O)c(=O)[nH]c1=O. The highest BCUT2D eigenvalue weighted by molar-refractivity contribution is 6.07. The highest BCUT2D eigenvalue weighted by Crippen LogP contribution is 2.33. The molecule has 3 rings (SSSR count). The molecule has 31 heavy (non-hydrogen) atoms. The molecule has 0 radical (unpaired) electrons. The van der Waals surface area contributed by atoms with Gasteiger partial charge in [0.2, 0.25) is 5.91 Å². The van der Waals surface area contributed by atoms with Gasteiger partial charge in [0.15, 0.2) is 5.69 Å². The number of carbonyl (C=O) groups excluding carboxylic acids is 3. The first kappa shape index (κ1) is 22.6. The van der Waals surface area contributed by atoms with Crippen LogP contribution in [0.1, 0.15) is 58.3 Å². The van der Waals surface area contributed by atoms with E-state index in [-0.39, 0.29) is 30.4 Å². The van der Waals surface area contributed by atoms with Crippen molar-refractivity contribution in [2.24, 2.45) is 0 Å². The Morgan fingerprint density at radius 3 is 2.45 bits per heavy atom. The van der Waals surface area contributed by atoms with Crippen molar-refractivity contribution in [1.82, 2.24) is 19.8 Å². The summed E-state index contributed by atoms with van der Waals surface area (Å²) in [4.78, 5) is 66.7. The van der Waals surface area contributed by atoms with Crippen molar-refractivity contribution in [3.63, 3.8) is 0 Å². The molecule has 0 atom stereocenters. The highest BCUT2D eigenvalue weighted by atomic mass is 16.2. The van der Waals surface area contributed by atoms with Crippen molar-refractivity contribution in [3.8, 4) is 0 Å². The fraction of sp³-hybridized carbons (Fsp3) is 0.650. The van der Waals surface area contributed by atoms with E-state index in [4.69, 9.17) is 5.73 Å². The van der Waals surface area contributed by atoms with E-state index < -0.39 is 28.7 Å². The quantitative estimate of drug-likeness (QED) is 0.533. The Balaban J connectivity index is 1.73. The van der Waals surface area contributed by atoms with Crippen molar-refractivity contribution in [2.45, 2.75) is 70.4 Å². The Hall–Kier alpha value is -3.11. The molecule has 1 saturated heterocycles. The van der Waals surface area contributed by atoms with Gasteiger partial charge in [0.05, 0.1) is 0 Å². The number of nitrogens with two attached hydrogens (primary N) is 1. The number of urea groups is 1. The van der Waals surface area contributed by atoms with Crippen LogP contribution >= 0.6 is 0 Å². The van der Waals surface area contributed by atoms with E-state index in [1.165, 1.54) is 11.6 Å². The van der Waals surface area contributed by atoms with Gasteiger partial charge in [-0.25, -0.2) is 9.59 Å². The summed E-state index contributed by atoms with van der Waals surface area (Å²) in [6.45, 7) is 2.18. The first-order chi connectivity index (χ1) is 14.7. The van der Waals surface area contributed by atoms with Crippen molar-refractivity contribution >= 4 is 29.4 Å². The Bertz CT molecular complexity index is 991. The molecular weight excluding hydrogens is 404 g/mol. The highest BCUT2D eigenvalue weighted by Gasteiger charge is 2.51. The van der Waals surface area contributed by atoms with Gasteiger partial charge in [-0.15, -0.1) is 0 Å². The third kappa shape index (κ3) is 4.21.